The zero-order valence-electron chi connectivity index (χ0n) is 11.3. The summed E-state index contributed by atoms with van der Waals surface area (Å²) in [6.45, 7) is -1.50. The molecule has 0 aliphatic rings. The van der Waals surface area contributed by atoms with E-state index in [2.05, 4.69) is 10.6 Å². The summed E-state index contributed by atoms with van der Waals surface area (Å²) < 4.78 is 0. The molecule has 0 aromatic heterocycles. The van der Waals surface area contributed by atoms with Crippen LogP contribution in [0.2, 0.25) is 0 Å². The number of thioether (sulfide) groups is 1. The van der Waals surface area contributed by atoms with E-state index in [0.717, 1.165) is 11.3 Å². The normalized spacial score (nSPS) is 11.2. The highest BCUT2D eigenvalue weighted by Crippen LogP contribution is 2.19. The third-order valence-electron chi connectivity index (χ3n) is 2.73. The van der Waals surface area contributed by atoms with Gasteiger partial charge in [0.15, 0.2) is 0 Å². The SMILES string of the molecule is CSCc1ccccc1NC(=O)NCC(O)(CO)CO. The Morgan fingerprint density at radius 3 is 2.55 bits per heavy atom. The summed E-state index contributed by atoms with van der Waals surface area (Å²) in [6.07, 6.45) is 1.97. The first-order valence-electron chi connectivity index (χ1n) is 6.10. The number of hydrogen-bond acceptors (Lipinski definition) is 5. The maximum absolute atomic E-state index is 11.7. The van der Waals surface area contributed by atoms with Crippen LogP contribution in [0.1, 0.15) is 5.56 Å². The van der Waals surface area contributed by atoms with Crippen LogP contribution in [0.5, 0.6) is 0 Å². The molecule has 1 rings (SSSR count). The number of anilines is 1. The highest BCUT2D eigenvalue weighted by atomic mass is 32.2. The first-order chi connectivity index (χ1) is 9.54. The Morgan fingerprint density at radius 1 is 1.30 bits per heavy atom. The Labute approximate surface area is 122 Å². The molecule has 0 bridgehead atoms. The molecule has 5 N–H and O–H groups in total. The molecule has 0 atom stereocenters. The number of carbonyl (C=O) groups is 1. The van der Waals surface area contributed by atoms with Crippen LogP contribution in [0.15, 0.2) is 24.3 Å². The number of benzene rings is 1. The van der Waals surface area contributed by atoms with Crippen molar-refractivity contribution in [3.63, 3.8) is 0 Å². The van der Waals surface area contributed by atoms with Crippen molar-refractivity contribution in [2.24, 2.45) is 0 Å². The third-order valence-corrected chi connectivity index (χ3v) is 3.33. The van der Waals surface area contributed by atoms with Crippen molar-refractivity contribution in [2.75, 3.05) is 31.3 Å². The number of para-hydroxylation sites is 1. The fraction of sp³-hybridized carbons (Fsp3) is 0.462. The minimum atomic E-state index is -1.71. The number of rotatable bonds is 7. The Hall–Kier alpha value is -1.28. The number of hydrogen-bond donors (Lipinski definition) is 5. The maximum atomic E-state index is 11.7. The first kappa shape index (κ1) is 16.8. The molecular weight excluding hydrogens is 280 g/mol. The highest BCUT2D eigenvalue weighted by molar-refractivity contribution is 7.97. The van der Waals surface area contributed by atoms with Gasteiger partial charge in [0.1, 0.15) is 5.60 Å². The molecule has 0 aliphatic heterocycles. The summed E-state index contributed by atoms with van der Waals surface area (Å²) in [6, 6.07) is 6.92. The average Bonchev–Trinajstić information content (AvgIpc) is 2.47. The monoisotopic (exact) mass is 300 g/mol. The van der Waals surface area contributed by atoms with Crippen molar-refractivity contribution in [1.29, 1.82) is 0 Å². The van der Waals surface area contributed by atoms with Gasteiger partial charge in [0.05, 0.1) is 19.8 Å². The zero-order chi connectivity index (χ0) is 15.0. The predicted molar refractivity (Wildman–Crippen MR) is 79.8 cm³/mol. The van der Waals surface area contributed by atoms with E-state index in [1.807, 2.05) is 24.5 Å². The van der Waals surface area contributed by atoms with E-state index in [1.54, 1.807) is 17.8 Å². The van der Waals surface area contributed by atoms with Crippen LogP contribution < -0.4 is 10.6 Å². The molecule has 20 heavy (non-hydrogen) atoms. The van der Waals surface area contributed by atoms with Gasteiger partial charge in [0, 0.05) is 11.4 Å². The Kier molecular flexibility index (Phi) is 6.80. The van der Waals surface area contributed by atoms with E-state index < -0.39 is 24.8 Å². The van der Waals surface area contributed by atoms with Crippen molar-refractivity contribution in [1.82, 2.24) is 5.32 Å². The lowest BCUT2D eigenvalue weighted by Crippen LogP contribution is -2.49. The first-order valence-corrected chi connectivity index (χ1v) is 7.50. The molecule has 112 valence electrons. The van der Waals surface area contributed by atoms with Crippen LogP contribution in [0, 0.1) is 0 Å². The van der Waals surface area contributed by atoms with Crippen molar-refractivity contribution >= 4 is 23.5 Å². The minimum absolute atomic E-state index is 0.240. The van der Waals surface area contributed by atoms with Crippen LogP contribution in [-0.4, -0.2) is 53.0 Å². The second-order valence-corrected chi connectivity index (χ2v) is 5.30. The van der Waals surface area contributed by atoms with Gasteiger partial charge in [0.25, 0.3) is 0 Å². The summed E-state index contributed by atoms with van der Waals surface area (Å²) in [5.41, 5.74) is -0.0264. The second-order valence-electron chi connectivity index (χ2n) is 4.44. The standard InChI is InChI=1S/C13H20N2O4S/c1-20-6-10-4-2-3-5-11(10)15-12(18)14-7-13(19,8-16)9-17/h2-5,16-17,19H,6-9H2,1H3,(H2,14,15,18). The lowest BCUT2D eigenvalue weighted by molar-refractivity contribution is -0.0507. The van der Waals surface area contributed by atoms with Gasteiger partial charge in [-0.15, -0.1) is 0 Å². The maximum Gasteiger partial charge on any atom is 0.319 e. The number of carbonyl (C=O) groups excluding carboxylic acids is 1. The smallest absolute Gasteiger partial charge is 0.319 e. The molecule has 7 heteroatoms. The van der Waals surface area contributed by atoms with Crippen LogP contribution in [-0.2, 0) is 5.75 Å². The molecule has 0 heterocycles. The molecule has 0 aliphatic carbocycles. The van der Waals surface area contributed by atoms with E-state index >= 15 is 0 Å². The van der Waals surface area contributed by atoms with Gasteiger partial charge in [-0.3, -0.25) is 0 Å². The summed E-state index contributed by atoms with van der Waals surface area (Å²) in [7, 11) is 0. The zero-order valence-corrected chi connectivity index (χ0v) is 12.1. The topological polar surface area (TPSA) is 102 Å². The second kappa shape index (κ2) is 8.11. The third kappa shape index (κ3) is 5.01. The lowest BCUT2D eigenvalue weighted by atomic mass is 10.1. The van der Waals surface area contributed by atoms with Crippen LogP contribution >= 0.6 is 11.8 Å². The minimum Gasteiger partial charge on any atom is -0.393 e. The van der Waals surface area contributed by atoms with Gasteiger partial charge >= 0.3 is 6.03 Å². The van der Waals surface area contributed by atoms with E-state index in [9.17, 15) is 9.90 Å². The van der Waals surface area contributed by atoms with Crippen molar-refractivity contribution in [2.45, 2.75) is 11.4 Å². The van der Waals surface area contributed by atoms with Crippen LogP contribution in [0.3, 0.4) is 0 Å². The quantitative estimate of drug-likeness (QED) is 0.501. The number of aliphatic hydroxyl groups is 3. The molecule has 1 aromatic carbocycles. The highest BCUT2D eigenvalue weighted by Gasteiger charge is 2.25. The molecule has 0 saturated heterocycles. The Balaban J connectivity index is 2.58. The molecule has 0 spiro atoms. The van der Waals surface area contributed by atoms with Crippen molar-refractivity contribution < 1.29 is 20.1 Å². The van der Waals surface area contributed by atoms with E-state index in [1.165, 1.54) is 0 Å². The summed E-state index contributed by atoms with van der Waals surface area (Å²) in [5, 5.41) is 32.6. The molecule has 0 unspecified atom stereocenters. The van der Waals surface area contributed by atoms with Gasteiger partial charge in [-0.05, 0) is 17.9 Å². The van der Waals surface area contributed by atoms with Crippen molar-refractivity contribution in [3.05, 3.63) is 29.8 Å². The molecule has 2 amide bonds. The van der Waals surface area contributed by atoms with Crippen LogP contribution in [0.4, 0.5) is 10.5 Å². The number of nitrogens with one attached hydrogen (secondary N) is 2. The van der Waals surface area contributed by atoms with E-state index in [-0.39, 0.29) is 6.54 Å². The molecule has 1 aromatic rings. The van der Waals surface area contributed by atoms with E-state index in [0.29, 0.717) is 5.69 Å². The van der Waals surface area contributed by atoms with Crippen molar-refractivity contribution in [3.8, 4) is 0 Å². The largest absolute Gasteiger partial charge is 0.393 e. The van der Waals surface area contributed by atoms with Gasteiger partial charge in [0.2, 0.25) is 0 Å². The fourth-order valence-corrected chi connectivity index (χ4v) is 2.06. The Bertz CT molecular complexity index is 438. The lowest BCUT2D eigenvalue weighted by Gasteiger charge is -2.23. The van der Waals surface area contributed by atoms with E-state index in [4.69, 9.17) is 10.2 Å². The summed E-state index contributed by atoms with van der Waals surface area (Å²) in [5.74, 6) is 0.771. The number of amides is 2. The molecule has 0 radical (unpaired) electrons. The fourth-order valence-electron chi connectivity index (χ4n) is 1.50. The van der Waals surface area contributed by atoms with Gasteiger partial charge in [-0.25, -0.2) is 4.79 Å². The predicted octanol–water partition coefficient (Wildman–Crippen LogP) is 0.387. The van der Waals surface area contributed by atoms with Gasteiger partial charge in [-0.1, -0.05) is 18.2 Å². The average molecular weight is 300 g/mol. The molecular formula is C13H20N2O4S. The molecule has 0 fully saturated rings. The number of urea groups is 1. The van der Waals surface area contributed by atoms with Crippen LogP contribution in [0.25, 0.3) is 0 Å². The molecule has 6 nitrogen and oxygen atoms in total. The van der Waals surface area contributed by atoms with Gasteiger partial charge in [-0.2, -0.15) is 11.8 Å². The molecule has 0 saturated carbocycles. The summed E-state index contributed by atoms with van der Waals surface area (Å²) >= 11 is 1.64. The van der Waals surface area contributed by atoms with Gasteiger partial charge < -0.3 is 26.0 Å². The Morgan fingerprint density at radius 2 is 1.95 bits per heavy atom. The summed E-state index contributed by atoms with van der Waals surface area (Å²) in [4.78, 5) is 11.7. The number of aliphatic hydroxyl groups excluding tert-OH is 2.